The van der Waals surface area contributed by atoms with Crippen LogP contribution in [0.25, 0.3) is 0 Å². The first-order valence-corrected chi connectivity index (χ1v) is 5.85. The molecule has 0 atom stereocenters. The average Bonchev–Trinajstić information content (AvgIpc) is 2.83. The molecule has 2 N–H and O–H groups in total. The maximum Gasteiger partial charge on any atom is 0.338 e. The highest BCUT2D eigenvalue weighted by molar-refractivity contribution is 9.10. The first kappa shape index (κ1) is 13.3. The predicted octanol–water partition coefficient (Wildman–Crippen LogP) is 3.13. The number of carboxylic acid groups (broad SMARTS) is 1. The first-order valence-electron chi connectivity index (χ1n) is 5.05. The summed E-state index contributed by atoms with van der Waals surface area (Å²) < 4.78 is 18.4. The number of benzene rings is 1. The Bertz CT molecular complexity index is 653. The van der Waals surface area contributed by atoms with E-state index in [1.165, 1.54) is 12.1 Å². The number of carbonyl (C=O) groups excluding carboxylic acids is 1. The van der Waals surface area contributed by atoms with Gasteiger partial charge in [-0.1, -0.05) is 0 Å². The van der Waals surface area contributed by atoms with Crippen molar-refractivity contribution >= 4 is 33.5 Å². The van der Waals surface area contributed by atoms with Gasteiger partial charge in [-0.2, -0.15) is 0 Å². The molecule has 0 bridgehead atoms. The van der Waals surface area contributed by atoms with E-state index in [2.05, 4.69) is 21.2 Å². The van der Waals surface area contributed by atoms with Gasteiger partial charge in [0.15, 0.2) is 5.76 Å². The number of hydrogen-bond donors (Lipinski definition) is 2. The number of furan rings is 1. The SMILES string of the molecule is O=C(O)c1coc(C(=O)Nc2cc(F)ccc2Br)c1. The van der Waals surface area contributed by atoms with Gasteiger partial charge in [0, 0.05) is 10.5 Å². The van der Waals surface area contributed by atoms with Crippen LogP contribution in [0.4, 0.5) is 10.1 Å². The summed E-state index contributed by atoms with van der Waals surface area (Å²) in [5, 5.41) is 11.1. The molecule has 2 aromatic rings. The molecule has 0 saturated heterocycles. The quantitative estimate of drug-likeness (QED) is 0.907. The molecule has 0 fully saturated rings. The van der Waals surface area contributed by atoms with Gasteiger partial charge < -0.3 is 14.8 Å². The Kier molecular flexibility index (Phi) is 3.66. The number of carboxylic acids is 1. The molecular weight excluding hydrogens is 321 g/mol. The Hall–Kier alpha value is -2.15. The number of nitrogens with one attached hydrogen (secondary N) is 1. The molecule has 98 valence electrons. The molecule has 0 aliphatic carbocycles. The minimum absolute atomic E-state index is 0.136. The molecule has 1 heterocycles. The molecule has 0 aliphatic heterocycles. The van der Waals surface area contributed by atoms with Crippen LogP contribution < -0.4 is 5.32 Å². The van der Waals surface area contributed by atoms with E-state index in [0.717, 1.165) is 18.4 Å². The van der Waals surface area contributed by atoms with Crippen LogP contribution in [0.15, 0.2) is 39.4 Å². The molecule has 0 saturated carbocycles. The second-order valence-corrected chi connectivity index (χ2v) is 4.44. The maximum atomic E-state index is 13.0. The molecule has 1 aromatic carbocycles. The lowest BCUT2D eigenvalue weighted by molar-refractivity contribution is 0.0696. The van der Waals surface area contributed by atoms with E-state index in [1.54, 1.807) is 0 Å². The van der Waals surface area contributed by atoms with Gasteiger partial charge in [-0.25, -0.2) is 9.18 Å². The first-order chi connectivity index (χ1) is 8.97. The van der Waals surface area contributed by atoms with Crippen LogP contribution in [-0.4, -0.2) is 17.0 Å². The summed E-state index contributed by atoms with van der Waals surface area (Å²) in [5.41, 5.74) is 0.0849. The smallest absolute Gasteiger partial charge is 0.338 e. The Labute approximate surface area is 115 Å². The third-order valence-corrected chi connectivity index (χ3v) is 2.94. The minimum atomic E-state index is -1.20. The average molecular weight is 328 g/mol. The van der Waals surface area contributed by atoms with Crippen LogP contribution in [0.3, 0.4) is 0 Å². The van der Waals surface area contributed by atoms with Gasteiger partial charge in [-0.15, -0.1) is 0 Å². The zero-order valence-corrected chi connectivity index (χ0v) is 10.9. The molecule has 0 unspecified atom stereocenters. The van der Waals surface area contributed by atoms with Gasteiger partial charge in [0.25, 0.3) is 5.91 Å². The Morgan fingerprint density at radius 2 is 2.05 bits per heavy atom. The van der Waals surface area contributed by atoms with E-state index in [-0.39, 0.29) is 17.0 Å². The van der Waals surface area contributed by atoms with Gasteiger partial charge >= 0.3 is 5.97 Å². The second kappa shape index (κ2) is 5.23. The van der Waals surface area contributed by atoms with E-state index >= 15 is 0 Å². The number of carbonyl (C=O) groups is 2. The van der Waals surface area contributed by atoms with Crippen molar-refractivity contribution in [2.75, 3.05) is 5.32 Å². The van der Waals surface area contributed by atoms with Crippen LogP contribution in [0.2, 0.25) is 0 Å². The van der Waals surface area contributed by atoms with Crippen LogP contribution in [0, 0.1) is 5.82 Å². The van der Waals surface area contributed by atoms with E-state index < -0.39 is 17.7 Å². The molecule has 1 amide bonds. The summed E-state index contributed by atoms with van der Waals surface area (Å²) >= 11 is 3.15. The van der Waals surface area contributed by atoms with Gasteiger partial charge in [0.2, 0.25) is 0 Å². The van der Waals surface area contributed by atoms with Crippen molar-refractivity contribution in [2.45, 2.75) is 0 Å². The highest BCUT2D eigenvalue weighted by Gasteiger charge is 2.15. The second-order valence-electron chi connectivity index (χ2n) is 3.58. The van der Waals surface area contributed by atoms with E-state index in [9.17, 15) is 14.0 Å². The molecule has 1 aromatic heterocycles. The van der Waals surface area contributed by atoms with Gasteiger partial charge in [0.05, 0.1) is 11.3 Å². The number of rotatable bonds is 3. The summed E-state index contributed by atoms with van der Waals surface area (Å²) in [6.45, 7) is 0. The topological polar surface area (TPSA) is 79.5 Å². The van der Waals surface area contributed by atoms with Crippen LogP contribution in [0.5, 0.6) is 0 Å². The van der Waals surface area contributed by atoms with Gasteiger partial charge in [0.1, 0.15) is 12.1 Å². The van der Waals surface area contributed by atoms with E-state index in [1.807, 2.05) is 0 Å². The standard InChI is InChI=1S/C12H7BrFNO4/c13-8-2-1-7(14)4-9(8)15-11(16)10-3-6(5-19-10)12(17)18/h1-5H,(H,15,16)(H,17,18). The largest absolute Gasteiger partial charge is 0.478 e. The number of halogens is 2. The molecular formula is C12H7BrFNO4. The van der Waals surface area contributed by atoms with E-state index in [0.29, 0.717) is 4.47 Å². The Morgan fingerprint density at radius 1 is 1.32 bits per heavy atom. The summed E-state index contributed by atoms with van der Waals surface area (Å²) in [4.78, 5) is 22.4. The van der Waals surface area contributed by atoms with Crippen molar-refractivity contribution in [2.24, 2.45) is 0 Å². The van der Waals surface area contributed by atoms with Crippen molar-refractivity contribution in [1.82, 2.24) is 0 Å². The number of anilines is 1. The molecule has 0 aliphatic rings. The number of aromatic carboxylic acids is 1. The fraction of sp³-hybridized carbons (Fsp3) is 0. The molecule has 0 radical (unpaired) electrons. The number of hydrogen-bond acceptors (Lipinski definition) is 3. The van der Waals surface area contributed by atoms with Crippen molar-refractivity contribution in [1.29, 1.82) is 0 Å². The molecule has 5 nitrogen and oxygen atoms in total. The Morgan fingerprint density at radius 3 is 2.68 bits per heavy atom. The van der Waals surface area contributed by atoms with Crippen LogP contribution in [-0.2, 0) is 0 Å². The van der Waals surface area contributed by atoms with Gasteiger partial charge in [-0.3, -0.25) is 4.79 Å². The lowest BCUT2D eigenvalue weighted by Crippen LogP contribution is -2.11. The highest BCUT2D eigenvalue weighted by Crippen LogP contribution is 2.23. The zero-order valence-electron chi connectivity index (χ0n) is 9.31. The third kappa shape index (κ3) is 3.00. The molecule has 2 rings (SSSR count). The summed E-state index contributed by atoms with van der Waals surface area (Å²) in [5.74, 6) is -2.55. The van der Waals surface area contributed by atoms with E-state index in [4.69, 9.17) is 9.52 Å². The normalized spacial score (nSPS) is 10.2. The molecule has 7 heteroatoms. The summed E-state index contributed by atoms with van der Waals surface area (Å²) in [6, 6.07) is 4.89. The van der Waals surface area contributed by atoms with Crippen LogP contribution >= 0.6 is 15.9 Å². The lowest BCUT2D eigenvalue weighted by Gasteiger charge is -2.05. The lowest BCUT2D eigenvalue weighted by atomic mass is 10.3. The van der Waals surface area contributed by atoms with Crippen molar-refractivity contribution in [3.63, 3.8) is 0 Å². The van der Waals surface area contributed by atoms with Crippen molar-refractivity contribution < 1.29 is 23.5 Å². The van der Waals surface area contributed by atoms with Crippen molar-refractivity contribution in [3.8, 4) is 0 Å². The highest BCUT2D eigenvalue weighted by atomic mass is 79.9. The summed E-state index contributed by atoms with van der Waals surface area (Å²) in [6.07, 6.45) is 0.956. The third-order valence-electron chi connectivity index (χ3n) is 2.25. The monoisotopic (exact) mass is 327 g/mol. The predicted molar refractivity (Wildman–Crippen MR) is 67.7 cm³/mol. The van der Waals surface area contributed by atoms with Gasteiger partial charge in [-0.05, 0) is 34.1 Å². The number of amides is 1. The fourth-order valence-corrected chi connectivity index (χ4v) is 1.69. The van der Waals surface area contributed by atoms with Crippen molar-refractivity contribution in [3.05, 3.63) is 52.1 Å². The van der Waals surface area contributed by atoms with Crippen LogP contribution in [0.1, 0.15) is 20.9 Å². The fourth-order valence-electron chi connectivity index (χ4n) is 1.34. The molecule has 19 heavy (non-hydrogen) atoms. The molecule has 0 spiro atoms. The Balaban J connectivity index is 2.20. The minimum Gasteiger partial charge on any atom is -0.478 e. The maximum absolute atomic E-state index is 13.0. The summed E-state index contributed by atoms with van der Waals surface area (Å²) in [7, 11) is 0. The zero-order chi connectivity index (χ0) is 14.0.